The van der Waals surface area contributed by atoms with Gasteiger partial charge in [0.25, 0.3) is 11.8 Å². The Morgan fingerprint density at radius 2 is 1.63 bits per heavy atom. The molecule has 2 atom stereocenters. The molecule has 0 bridgehead atoms. The summed E-state index contributed by atoms with van der Waals surface area (Å²) < 4.78 is 19.1. The summed E-state index contributed by atoms with van der Waals surface area (Å²) in [4.78, 5) is 67.8. The first-order valence-corrected chi connectivity index (χ1v) is 21.0. The highest BCUT2D eigenvalue weighted by Gasteiger charge is 2.45. The van der Waals surface area contributed by atoms with Crippen LogP contribution in [0.25, 0.3) is 22.3 Å². The highest BCUT2D eigenvalue weighted by molar-refractivity contribution is 6.23. The third-order valence-corrected chi connectivity index (χ3v) is 12.8. The van der Waals surface area contributed by atoms with Crippen LogP contribution in [-0.2, 0) is 19.1 Å². The van der Waals surface area contributed by atoms with Gasteiger partial charge in [-0.2, -0.15) is 5.10 Å². The lowest BCUT2D eigenvalue weighted by atomic mass is 10.0. The Labute approximate surface area is 341 Å². The number of carbonyl (C=O) groups is 4. The molecule has 16 nitrogen and oxygen atoms in total. The number of nitrogens with zero attached hydrogens (tertiary/aromatic N) is 7. The number of aromatic nitrogens is 4. The van der Waals surface area contributed by atoms with E-state index in [1.165, 1.54) is 0 Å². The molecule has 5 fully saturated rings. The predicted octanol–water partition coefficient (Wildman–Crippen LogP) is 3.71. The summed E-state index contributed by atoms with van der Waals surface area (Å²) in [5, 5.41) is 11.0. The van der Waals surface area contributed by atoms with E-state index in [1.54, 1.807) is 18.5 Å². The second kappa shape index (κ2) is 15.3. The summed E-state index contributed by atoms with van der Waals surface area (Å²) in [5.74, 6) is -0.254. The van der Waals surface area contributed by atoms with Crippen molar-refractivity contribution in [2.45, 2.75) is 88.2 Å². The number of fused-ring (bicyclic) bond motifs is 2. The lowest BCUT2D eigenvalue weighted by Crippen LogP contribution is -2.54. The summed E-state index contributed by atoms with van der Waals surface area (Å²) in [6.45, 7) is 8.59. The molecule has 59 heavy (non-hydrogen) atoms. The SMILES string of the molecule is CC1(Oc2ccc3[nH]nc(-c4cc(N5CCO[C@@H](CN6CCC(OC7CCN(c8ccc9c(c8)C(=O)N(C8CCC(=O)NC8=O)C9=O)CC7)CC6)C5)ncn4)c3c2)CC1. The minimum Gasteiger partial charge on any atom is -0.488 e. The molecule has 0 radical (unpaired) electrons. The van der Waals surface area contributed by atoms with Gasteiger partial charge in [0.1, 0.15) is 35.2 Å². The molecule has 4 amide bonds. The van der Waals surface area contributed by atoms with Gasteiger partial charge in [0.2, 0.25) is 11.8 Å². The van der Waals surface area contributed by atoms with Gasteiger partial charge in [-0.05, 0) is 88.3 Å². The van der Waals surface area contributed by atoms with E-state index in [1.807, 2.05) is 24.3 Å². The summed E-state index contributed by atoms with van der Waals surface area (Å²) in [7, 11) is 0. The Morgan fingerprint density at radius 3 is 2.41 bits per heavy atom. The average Bonchev–Trinajstić information content (AvgIpc) is 3.73. The summed E-state index contributed by atoms with van der Waals surface area (Å²) in [6, 6.07) is 12.4. The lowest BCUT2D eigenvalue weighted by Gasteiger charge is -2.40. The first-order valence-electron chi connectivity index (χ1n) is 21.0. The van der Waals surface area contributed by atoms with Crippen LogP contribution in [0.4, 0.5) is 11.5 Å². The highest BCUT2D eigenvalue weighted by atomic mass is 16.5. The maximum absolute atomic E-state index is 13.3. The van der Waals surface area contributed by atoms with E-state index in [2.05, 4.69) is 53.2 Å². The maximum atomic E-state index is 13.3. The minimum atomic E-state index is -0.972. The summed E-state index contributed by atoms with van der Waals surface area (Å²) in [6.07, 6.45) is 8.12. The third kappa shape index (κ3) is 7.64. The van der Waals surface area contributed by atoms with E-state index >= 15 is 0 Å². The largest absolute Gasteiger partial charge is 0.488 e. The number of hydrogen-bond donors (Lipinski definition) is 2. The van der Waals surface area contributed by atoms with Crippen LogP contribution in [0.15, 0.2) is 48.8 Å². The van der Waals surface area contributed by atoms with Crippen LogP contribution in [0.1, 0.15) is 79.0 Å². The van der Waals surface area contributed by atoms with Crippen molar-refractivity contribution in [1.29, 1.82) is 0 Å². The lowest BCUT2D eigenvalue weighted by molar-refractivity contribution is -0.136. The zero-order valence-corrected chi connectivity index (χ0v) is 33.2. The topological polar surface area (TPSA) is 175 Å². The van der Waals surface area contributed by atoms with Gasteiger partial charge in [-0.3, -0.25) is 34.5 Å². The first kappa shape index (κ1) is 37.8. The maximum Gasteiger partial charge on any atom is 0.262 e. The number of aromatic amines is 1. The van der Waals surface area contributed by atoms with Crippen molar-refractivity contribution in [3.05, 3.63) is 59.9 Å². The molecule has 2 N–H and O–H groups in total. The van der Waals surface area contributed by atoms with Crippen LogP contribution < -0.4 is 19.9 Å². The molecule has 1 saturated carbocycles. The van der Waals surface area contributed by atoms with Crippen molar-refractivity contribution in [2.75, 3.05) is 62.2 Å². The van der Waals surface area contributed by atoms with Gasteiger partial charge in [0.15, 0.2) is 0 Å². The second-order valence-corrected chi connectivity index (χ2v) is 17.0. The number of rotatable bonds is 10. The number of amides is 4. The van der Waals surface area contributed by atoms with Crippen molar-refractivity contribution in [2.24, 2.45) is 0 Å². The number of ether oxygens (including phenoxy) is 3. The number of piperidine rings is 3. The van der Waals surface area contributed by atoms with Crippen LogP contribution in [0.5, 0.6) is 5.75 Å². The number of nitrogens with one attached hydrogen (secondary N) is 2. The molecule has 1 aliphatic carbocycles. The van der Waals surface area contributed by atoms with Gasteiger partial charge < -0.3 is 28.9 Å². The Morgan fingerprint density at radius 1 is 0.847 bits per heavy atom. The van der Waals surface area contributed by atoms with Crippen LogP contribution in [-0.4, -0.2) is 136 Å². The second-order valence-electron chi connectivity index (χ2n) is 17.0. The quantitative estimate of drug-likeness (QED) is 0.222. The number of benzene rings is 2. The Balaban J connectivity index is 0.690. The predicted molar refractivity (Wildman–Crippen MR) is 216 cm³/mol. The van der Waals surface area contributed by atoms with Crippen LogP contribution in [0, 0.1) is 0 Å². The average molecular weight is 804 g/mol. The van der Waals surface area contributed by atoms with E-state index in [0.29, 0.717) is 17.7 Å². The monoisotopic (exact) mass is 803 g/mol. The van der Waals surface area contributed by atoms with Crippen molar-refractivity contribution >= 4 is 46.0 Å². The van der Waals surface area contributed by atoms with Gasteiger partial charge >= 0.3 is 0 Å². The minimum absolute atomic E-state index is 0.0619. The number of morpholine rings is 1. The zero-order chi connectivity index (χ0) is 40.3. The van der Waals surface area contributed by atoms with Gasteiger partial charge in [0, 0.05) is 69.4 Å². The van der Waals surface area contributed by atoms with E-state index < -0.39 is 23.8 Å². The molecular weight excluding hydrogens is 755 g/mol. The molecule has 6 aliphatic rings. The van der Waals surface area contributed by atoms with E-state index in [4.69, 9.17) is 14.2 Å². The first-order chi connectivity index (χ1) is 28.7. The van der Waals surface area contributed by atoms with Crippen LogP contribution in [0.2, 0.25) is 0 Å². The molecule has 0 spiro atoms. The summed E-state index contributed by atoms with van der Waals surface area (Å²) in [5.41, 5.74) is 3.90. The number of anilines is 2. The Hall–Kier alpha value is -5.45. The van der Waals surface area contributed by atoms with E-state index in [9.17, 15) is 19.2 Å². The smallest absolute Gasteiger partial charge is 0.262 e. The van der Waals surface area contributed by atoms with Gasteiger partial charge in [-0.25, -0.2) is 9.97 Å². The van der Waals surface area contributed by atoms with Crippen LogP contribution >= 0.6 is 0 Å². The van der Waals surface area contributed by atoms with Crippen molar-refractivity contribution in [3.8, 4) is 17.1 Å². The van der Waals surface area contributed by atoms with Crippen molar-refractivity contribution < 1.29 is 33.4 Å². The third-order valence-electron chi connectivity index (χ3n) is 12.8. The number of imide groups is 2. The van der Waals surface area contributed by atoms with Gasteiger partial charge in [-0.15, -0.1) is 0 Å². The number of likely N-dealkylation sites (tertiary alicyclic amines) is 1. The zero-order valence-electron chi connectivity index (χ0n) is 33.2. The van der Waals surface area contributed by atoms with Crippen molar-refractivity contribution in [3.63, 3.8) is 0 Å². The number of H-pyrrole nitrogens is 1. The number of hydrogen-bond acceptors (Lipinski definition) is 13. The normalized spacial score (nSPS) is 24.2. The number of carbonyl (C=O) groups excluding carboxylic acids is 4. The van der Waals surface area contributed by atoms with Gasteiger partial charge in [-0.1, -0.05) is 0 Å². The molecule has 2 aromatic carbocycles. The molecular formula is C43H49N9O7. The summed E-state index contributed by atoms with van der Waals surface area (Å²) >= 11 is 0. The fourth-order valence-corrected chi connectivity index (χ4v) is 9.20. The molecule has 10 rings (SSSR count). The standard InChI is InChI=1S/C43H49N9O7/c1-43(12-13-43)59-29-3-5-34-33(21-29)39(48-47-34)35-22-37(45-25-44-35)51-18-19-57-30(24-51)23-49-14-8-27(9-15-49)58-28-10-16-50(17-11-28)26-2-4-31-32(20-26)42(56)52(41(31)55)36-6-7-38(53)46-40(36)54/h2-5,20-22,25,27-28,30,36H,6-19,23-24H2,1H3,(H,47,48)(H,46,53,54)/t30-,36?/m0/s1. The fraction of sp³-hybridized carbons (Fsp3) is 0.512. The Bertz CT molecular complexity index is 2300. The molecule has 16 heteroatoms. The molecule has 5 aliphatic heterocycles. The molecule has 4 saturated heterocycles. The van der Waals surface area contributed by atoms with Gasteiger partial charge in [0.05, 0.1) is 47.3 Å². The molecule has 308 valence electrons. The highest BCUT2D eigenvalue weighted by Crippen LogP contribution is 2.41. The van der Waals surface area contributed by atoms with E-state index in [-0.39, 0.29) is 42.7 Å². The van der Waals surface area contributed by atoms with Crippen LogP contribution in [0.3, 0.4) is 0 Å². The molecule has 4 aromatic rings. The van der Waals surface area contributed by atoms with E-state index in [0.717, 1.165) is 129 Å². The molecule has 2 aromatic heterocycles. The molecule has 1 unspecified atom stereocenters. The van der Waals surface area contributed by atoms with Crippen molar-refractivity contribution in [1.82, 2.24) is 35.3 Å². The fourth-order valence-electron chi connectivity index (χ4n) is 9.20. The molecule has 7 heterocycles. The Kier molecular flexibility index (Phi) is 9.80.